The van der Waals surface area contributed by atoms with Crippen molar-refractivity contribution in [2.45, 2.75) is 50.9 Å². The standard InChI is InChI=1S/C15H21F3N2/c1-2-20(12-9-7-11(19)8-10-12)14-6-4-3-5-13(14)15(16,17)18/h3-6,11-12H,2,7-10,19H2,1H3. The van der Waals surface area contributed by atoms with Gasteiger partial charge in [0.15, 0.2) is 0 Å². The Labute approximate surface area is 117 Å². The maximum absolute atomic E-state index is 13.1. The Morgan fingerprint density at radius 1 is 1.15 bits per heavy atom. The van der Waals surface area contributed by atoms with Gasteiger partial charge in [-0.05, 0) is 44.7 Å². The average Bonchev–Trinajstić information content (AvgIpc) is 2.41. The highest BCUT2D eigenvalue weighted by Crippen LogP contribution is 2.38. The molecular weight excluding hydrogens is 265 g/mol. The lowest BCUT2D eigenvalue weighted by Gasteiger charge is -2.38. The minimum absolute atomic E-state index is 0.156. The van der Waals surface area contributed by atoms with E-state index in [2.05, 4.69) is 0 Å². The summed E-state index contributed by atoms with van der Waals surface area (Å²) in [7, 11) is 0. The molecule has 0 aromatic heterocycles. The highest BCUT2D eigenvalue weighted by atomic mass is 19.4. The van der Waals surface area contributed by atoms with E-state index in [1.54, 1.807) is 12.1 Å². The summed E-state index contributed by atoms with van der Waals surface area (Å²) < 4.78 is 39.4. The topological polar surface area (TPSA) is 29.3 Å². The Morgan fingerprint density at radius 3 is 2.30 bits per heavy atom. The van der Waals surface area contributed by atoms with Crippen LogP contribution in [0.25, 0.3) is 0 Å². The monoisotopic (exact) mass is 286 g/mol. The van der Waals surface area contributed by atoms with E-state index in [-0.39, 0.29) is 12.1 Å². The molecule has 0 heterocycles. The lowest BCUT2D eigenvalue weighted by atomic mass is 9.90. The van der Waals surface area contributed by atoms with Gasteiger partial charge in [0.2, 0.25) is 0 Å². The van der Waals surface area contributed by atoms with Gasteiger partial charge in [-0.1, -0.05) is 12.1 Å². The normalized spacial score (nSPS) is 23.6. The highest BCUT2D eigenvalue weighted by Gasteiger charge is 2.36. The first-order valence-electron chi connectivity index (χ1n) is 7.12. The first kappa shape index (κ1) is 15.2. The third-order valence-corrected chi connectivity index (χ3v) is 4.04. The van der Waals surface area contributed by atoms with Gasteiger partial charge >= 0.3 is 6.18 Å². The van der Waals surface area contributed by atoms with Crippen LogP contribution in [0.5, 0.6) is 0 Å². The molecule has 1 aromatic carbocycles. The summed E-state index contributed by atoms with van der Waals surface area (Å²) in [4.78, 5) is 1.88. The molecule has 0 unspecified atom stereocenters. The fourth-order valence-electron chi connectivity index (χ4n) is 3.00. The molecule has 1 aliphatic rings. The smallest absolute Gasteiger partial charge is 0.368 e. The molecule has 0 radical (unpaired) electrons. The zero-order valence-electron chi connectivity index (χ0n) is 11.7. The molecule has 0 amide bonds. The molecule has 0 saturated heterocycles. The number of nitrogens with zero attached hydrogens (tertiary/aromatic N) is 1. The Morgan fingerprint density at radius 2 is 1.75 bits per heavy atom. The van der Waals surface area contributed by atoms with Gasteiger partial charge in [-0.15, -0.1) is 0 Å². The van der Waals surface area contributed by atoms with E-state index in [1.165, 1.54) is 6.07 Å². The first-order chi connectivity index (χ1) is 9.43. The van der Waals surface area contributed by atoms with Crippen LogP contribution in [0.2, 0.25) is 0 Å². The number of benzene rings is 1. The second kappa shape index (κ2) is 6.04. The largest absolute Gasteiger partial charge is 0.418 e. The summed E-state index contributed by atoms with van der Waals surface area (Å²) >= 11 is 0. The third-order valence-electron chi connectivity index (χ3n) is 4.04. The van der Waals surface area contributed by atoms with Gasteiger partial charge in [0, 0.05) is 24.3 Å². The maximum atomic E-state index is 13.1. The van der Waals surface area contributed by atoms with Gasteiger partial charge in [-0.25, -0.2) is 0 Å². The molecule has 1 aromatic rings. The van der Waals surface area contributed by atoms with Crippen LogP contribution in [-0.2, 0) is 6.18 Å². The van der Waals surface area contributed by atoms with Crippen molar-refractivity contribution in [2.75, 3.05) is 11.4 Å². The van der Waals surface area contributed by atoms with Crippen LogP contribution in [0.3, 0.4) is 0 Å². The summed E-state index contributed by atoms with van der Waals surface area (Å²) in [5, 5.41) is 0. The van der Waals surface area contributed by atoms with E-state index >= 15 is 0 Å². The molecule has 2 N–H and O–H groups in total. The number of nitrogens with two attached hydrogens (primary N) is 1. The Hall–Kier alpha value is -1.23. The maximum Gasteiger partial charge on any atom is 0.418 e. The van der Waals surface area contributed by atoms with Crippen molar-refractivity contribution in [3.63, 3.8) is 0 Å². The molecular formula is C15H21F3N2. The second-order valence-electron chi connectivity index (χ2n) is 5.37. The third kappa shape index (κ3) is 3.26. The van der Waals surface area contributed by atoms with Crippen LogP contribution < -0.4 is 10.6 Å². The van der Waals surface area contributed by atoms with Gasteiger partial charge in [0.05, 0.1) is 5.56 Å². The lowest BCUT2D eigenvalue weighted by Crippen LogP contribution is -2.41. The van der Waals surface area contributed by atoms with Crippen molar-refractivity contribution < 1.29 is 13.2 Å². The minimum atomic E-state index is -4.31. The first-order valence-corrected chi connectivity index (χ1v) is 7.12. The van der Waals surface area contributed by atoms with Gasteiger partial charge in [0.25, 0.3) is 0 Å². The fourth-order valence-corrected chi connectivity index (χ4v) is 3.00. The van der Waals surface area contributed by atoms with Crippen molar-refractivity contribution in [1.82, 2.24) is 0 Å². The highest BCUT2D eigenvalue weighted by molar-refractivity contribution is 5.55. The summed E-state index contributed by atoms with van der Waals surface area (Å²) in [6, 6.07) is 6.19. The van der Waals surface area contributed by atoms with Crippen molar-refractivity contribution >= 4 is 5.69 Å². The average molecular weight is 286 g/mol. The van der Waals surface area contributed by atoms with Crippen molar-refractivity contribution in [3.8, 4) is 0 Å². The SMILES string of the molecule is CCN(c1ccccc1C(F)(F)F)C1CCC(N)CC1. The Kier molecular flexibility index (Phi) is 4.58. The number of hydrogen-bond acceptors (Lipinski definition) is 2. The van der Waals surface area contributed by atoms with Gasteiger partial charge in [-0.2, -0.15) is 13.2 Å². The number of anilines is 1. The molecule has 2 nitrogen and oxygen atoms in total. The minimum Gasteiger partial charge on any atom is -0.368 e. The number of para-hydroxylation sites is 1. The van der Waals surface area contributed by atoms with Gasteiger partial charge in [-0.3, -0.25) is 0 Å². The molecule has 0 aliphatic heterocycles. The van der Waals surface area contributed by atoms with Gasteiger partial charge < -0.3 is 10.6 Å². The summed E-state index contributed by atoms with van der Waals surface area (Å²) in [6.45, 7) is 2.48. The molecule has 1 fully saturated rings. The van der Waals surface area contributed by atoms with E-state index in [1.807, 2.05) is 11.8 Å². The predicted octanol–water partition coefficient (Wildman–Crippen LogP) is 3.80. The van der Waals surface area contributed by atoms with Crippen LogP contribution in [-0.4, -0.2) is 18.6 Å². The van der Waals surface area contributed by atoms with Crippen molar-refractivity contribution in [1.29, 1.82) is 0 Å². The molecule has 1 aliphatic carbocycles. The van der Waals surface area contributed by atoms with Gasteiger partial charge in [0.1, 0.15) is 0 Å². The molecule has 0 spiro atoms. The number of halogens is 3. The van der Waals surface area contributed by atoms with Crippen LogP contribution in [0.1, 0.15) is 38.2 Å². The molecule has 0 atom stereocenters. The van der Waals surface area contributed by atoms with Crippen molar-refractivity contribution in [3.05, 3.63) is 29.8 Å². The van der Waals surface area contributed by atoms with E-state index < -0.39 is 11.7 Å². The van der Waals surface area contributed by atoms with Crippen molar-refractivity contribution in [2.24, 2.45) is 5.73 Å². The number of hydrogen-bond donors (Lipinski definition) is 1. The molecule has 20 heavy (non-hydrogen) atoms. The number of alkyl halides is 3. The van der Waals surface area contributed by atoms with Crippen LogP contribution in [0.4, 0.5) is 18.9 Å². The molecule has 0 bridgehead atoms. The number of rotatable bonds is 3. The Bertz CT molecular complexity index is 437. The zero-order valence-corrected chi connectivity index (χ0v) is 11.7. The summed E-state index contributed by atoms with van der Waals surface area (Å²) in [5.41, 5.74) is 5.63. The molecule has 2 rings (SSSR count). The Balaban J connectivity index is 2.28. The van der Waals surface area contributed by atoms with Crippen LogP contribution in [0.15, 0.2) is 24.3 Å². The van der Waals surface area contributed by atoms with E-state index in [4.69, 9.17) is 5.73 Å². The van der Waals surface area contributed by atoms with E-state index in [9.17, 15) is 13.2 Å². The summed E-state index contributed by atoms with van der Waals surface area (Å²) in [6.07, 6.45) is -0.817. The second-order valence-corrected chi connectivity index (χ2v) is 5.37. The zero-order chi connectivity index (χ0) is 14.8. The van der Waals surface area contributed by atoms with Crippen LogP contribution >= 0.6 is 0 Å². The molecule has 5 heteroatoms. The quantitative estimate of drug-likeness (QED) is 0.915. The predicted molar refractivity (Wildman–Crippen MR) is 74.7 cm³/mol. The lowest BCUT2D eigenvalue weighted by molar-refractivity contribution is -0.137. The van der Waals surface area contributed by atoms with E-state index in [0.717, 1.165) is 31.7 Å². The fraction of sp³-hybridized carbons (Fsp3) is 0.600. The molecule has 112 valence electrons. The summed E-state index contributed by atoms with van der Waals surface area (Å²) in [5.74, 6) is 0. The van der Waals surface area contributed by atoms with Crippen LogP contribution in [0, 0.1) is 0 Å². The van der Waals surface area contributed by atoms with E-state index in [0.29, 0.717) is 12.2 Å². The molecule has 1 saturated carbocycles.